The van der Waals surface area contributed by atoms with Gasteiger partial charge in [-0.1, -0.05) is 13.2 Å². The summed E-state index contributed by atoms with van der Waals surface area (Å²) in [5.41, 5.74) is 0.352. The predicted molar refractivity (Wildman–Crippen MR) is 138 cm³/mol. The van der Waals surface area contributed by atoms with Crippen LogP contribution in [-0.2, 0) is 9.59 Å². The van der Waals surface area contributed by atoms with Crippen molar-refractivity contribution in [1.29, 1.82) is 0 Å². The van der Waals surface area contributed by atoms with E-state index in [4.69, 9.17) is 10.2 Å². The Balaban J connectivity index is 0. The van der Waals surface area contributed by atoms with E-state index in [1.165, 1.54) is 13.8 Å². The highest BCUT2D eigenvalue weighted by molar-refractivity contribution is 5.85. The highest BCUT2D eigenvalue weighted by Gasteiger charge is 1.90. The quantitative estimate of drug-likeness (QED) is 0.172. The predicted octanol–water partition coefficient (Wildman–Crippen LogP) is 3.34. The fourth-order valence-corrected chi connectivity index (χ4v) is 1.08. The Hall–Kier alpha value is -5.53. The molecule has 0 aliphatic heterocycles. The van der Waals surface area contributed by atoms with E-state index in [0.717, 1.165) is 0 Å². The first-order chi connectivity index (χ1) is 17.8. The van der Waals surface area contributed by atoms with Gasteiger partial charge in [-0.15, -0.1) is 0 Å². The summed E-state index contributed by atoms with van der Waals surface area (Å²) in [4.78, 5) is 51.3. The van der Waals surface area contributed by atoms with Crippen LogP contribution in [0.25, 0.3) is 0 Å². The van der Waals surface area contributed by atoms with E-state index >= 15 is 0 Å². The molecule has 0 saturated heterocycles. The lowest BCUT2D eigenvalue weighted by atomic mass is 10.4. The van der Waals surface area contributed by atoms with Gasteiger partial charge < -0.3 is 35.1 Å². The molecule has 198 valence electrons. The summed E-state index contributed by atoms with van der Waals surface area (Å²) in [6, 6.07) is 0. The molecule has 0 fully saturated rings. The topological polar surface area (TPSA) is 218 Å². The van der Waals surface area contributed by atoms with Crippen LogP contribution in [0.5, 0.6) is 0 Å². The van der Waals surface area contributed by atoms with Gasteiger partial charge in [0.25, 0.3) is 0 Å². The van der Waals surface area contributed by atoms with Crippen molar-refractivity contribution in [2.75, 3.05) is 0 Å². The Bertz CT molecular complexity index is 789. The van der Waals surface area contributed by atoms with Crippen LogP contribution >= 0.6 is 0 Å². The van der Waals surface area contributed by atoms with Crippen LogP contribution in [0.15, 0.2) is 118 Å². The molecule has 0 aromatic carbocycles. The van der Waals surface area contributed by atoms with E-state index in [9.17, 15) is 9.59 Å². The first-order valence-corrected chi connectivity index (χ1v) is 10.2. The number of aromatic amines is 5. The number of nitrogens with one attached hydrogen (secondary N) is 5. The van der Waals surface area contributed by atoms with Crippen molar-refractivity contribution in [3.63, 3.8) is 0 Å². The number of imidazole rings is 5. The van der Waals surface area contributed by atoms with E-state index in [0.29, 0.717) is 0 Å². The normalized spacial score (nSPS) is 7.84. The van der Waals surface area contributed by atoms with Gasteiger partial charge in [0.1, 0.15) is 0 Å². The van der Waals surface area contributed by atoms with Crippen molar-refractivity contribution in [2.45, 2.75) is 13.8 Å². The molecular weight excluding hydrogens is 480 g/mol. The molecule has 0 radical (unpaired) electrons. The molecule has 5 rings (SSSR count). The molecule has 0 bridgehead atoms. The molecule has 0 spiro atoms. The van der Waals surface area contributed by atoms with Crippen LogP contribution in [0.4, 0.5) is 0 Å². The SMILES string of the molecule is C=C(C)C(=O)O.C=C(C)C(=O)O.c1c[nH]cn1.c1c[nH]cn1.c1c[nH]cn1.c1c[nH]cn1.c1c[nH]cn1. The van der Waals surface area contributed by atoms with Gasteiger partial charge in [0.2, 0.25) is 0 Å². The average Bonchev–Trinajstić information content (AvgIpc) is 3.75. The summed E-state index contributed by atoms with van der Waals surface area (Å²) >= 11 is 0. The molecule has 0 atom stereocenters. The maximum Gasteiger partial charge on any atom is 0.330 e. The first kappa shape index (κ1) is 33.6. The summed E-state index contributed by atoms with van der Waals surface area (Å²) in [5, 5.41) is 15.8. The number of hydrogen-bond acceptors (Lipinski definition) is 7. The van der Waals surface area contributed by atoms with Crippen LogP contribution in [0.3, 0.4) is 0 Å². The van der Waals surface area contributed by atoms with Gasteiger partial charge in [-0.05, 0) is 13.8 Å². The lowest BCUT2D eigenvalue weighted by Crippen LogP contribution is -1.92. The molecule has 5 aromatic rings. The van der Waals surface area contributed by atoms with E-state index in [2.05, 4.69) is 63.0 Å². The Morgan fingerprint density at radius 3 is 0.703 bits per heavy atom. The second kappa shape index (κ2) is 26.7. The van der Waals surface area contributed by atoms with Crippen molar-refractivity contribution in [2.24, 2.45) is 0 Å². The van der Waals surface area contributed by atoms with E-state index in [-0.39, 0.29) is 11.1 Å². The Kier molecular flexibility index (Phi) is 24.3. The van der Waals surface area contributed by atoms with Crippen molar-refractivity contribution >= 4 is 11.9 Å². The van der Waals surface area contributed by atoms with Crippen LogP contribution in [0, 0.1) is 0 Å². The van der Waals surface area contributed by atoms with Gasteiger partial charge in [0.15, 0.2) is 0 Å². The van der Waals surface area contributed by atoms with E-state index in [1.54, 1.807) is 93.6 Å². The van der Waals surface area contributed by atoms with Crippen LogP contribution in [-0.4, -0.2) is 72.0 Å². The lowest BCUT2D eigenvalue weighted by Gasteiger charge is -1.79. The highest BCUT2D eigenvalue weighted by atomic mass is 16.4. The minimum absolute atomic E-state index is 0.176. The van der Waals surface area contributed by atoms with Crippen molar-refractivity contribution in [3.05, 3.63) is 118 Å². The monoisotopic (exact) mass is 512 g/mol. The third-order valence-electron chi connectivity index (χ3n) is 2.76. The standard InChI is InChI=1S/2C4H6O2.5C3H4N2/c2*1-3(2)4(5)6;5*1-2-5-3-4-1/h2*1H2,2H3,(H,5,6);5*1-3H,(H,4,5). The van der Waals surface area contributed by atoms with Gasteiger partial charge in [-0.3, -0.25) is 0 Å². The first-order valence-electron chi connectivity index (χ1n) is 10.2. The number of nitrogens with zero attached hydrogens (tertiary/aromatic N) is 5. The van der Waals surface area contributed by atoms with Gasteiger partial charge >= 0.3 is 11.9 Å². The maximum atomic E-state index is 9.60. The van der Waals surface area contributed by atoms with Gasteiger partial charge in [0.05, 0.1) is 31.6 Å². The van der Waals surface area contributed by atoms with E-state index < -0.39 is 11.9 Å². The summed E-state index contributed by atoms with van der Waals surface area (Å²) in [6.45, 7) is 9.20. The largest absolute Gasteiger partial charge is 0.478 e. The van der Waals surface area contributed by atoms with Crippen molar-refractivity contribution < 1.29 is 19.8 Å². The maximum absolute atomic E-state index is 9.60. The summed E-state index contributed by atoms with van der Waals surface area (Å²) < 4.78 is 0. The van der Waals surface area contributed by atoms with Crippen molar-refractivity contribution in [3.8, 4) is 0 Å². The van der Waals surface area contributed by atoms with Gasteiger partial charge in [0, 0.05) is 73.1 Å². The summed E-state index contributed by atoms with van der Waals surface area (Å²) in [6.07, 6.45) is 25.4. The number of carboxylic acids is 2. The molecular formula is C23H32N10O4. The third-order valence-corrected chi connectivity index (χ3v) is 2.76. The minimum atomic E-state index is -0.935. The summed E-state index contributed by atoms with van der Waals surface area (Å²) in [5.74, 6) is -1.87. The van der Waals surface area contributed by atoms with E-state index in [1.807, 2.05) is 0 Å². The fourth-order valence-electron chi connectivity index (χ4n) is 1.08. The van der Waals surface area contributed by atoms with Gasteiger partial charge in [-0.25, -0.2) is 34.5 Å². The number of carboxylic acid groups (broad SMARTS) is 2. The molecule has 0 aliphatic carbocycles. The van der Waals surface area contributed by atoms with Crippen LogP contribution in [0.2, 0.25) is 0 Å². The number of hydrogen-bond donors (Lipinski definition) is 7. The molecule has 5 heterocycles. The zero-order chi connectivity index (χ0) is 28.0. The third kappa shape index (κ3) is 32.7. The molecule has 0 unspecified atom stereocenters. The Labute approximate surface area is 213 Å². The molecule has 14 nitrogen and oxygen atoms in total. The molecule has 14 heteroatoms. The highest BCUT2D eigenvalue weighted by Crippen LogP contribution is 1.81. The number of aromatic nitrogens is 10. The summed E-state index contributed by atoms with van der Waals surface area (Å²) in [7, 11) is 0. The number of aliphatic carboxylic acids is 2. The lowest BCUT2D eigenvalue weighted by molar-refractivity contribution is -0.133. The second-order valence-electron chi connectivity index (χ2n) is 5.97. The van der Waals surface area contributed by atoms with Crippen LogP contribution in [0.1, 0.15) is 13.8 Å². The molecule has 0 aliphatic rings. The van der Waals surface area contributed by atoms with Crippen LogP contribution < -0.4 is 0 Å². The molecule has 5 aromatic heterocycles. The fraction of sp³-hybridized carbons (Fsp3) is 0.0870. The molecule has 0 saturated carbocycles. The smallest absolute Gasteiger partial charge is 0.330 e. The Morgan fingerprint density at radius 1 is 0.514 bits per heavy atom. The molecule has 37 heavy (non-hydrogen) atoms. The zero-order valence-corrected chi connectivity index (χ0v) is 20.5. The number of carbonyl (C=O) groups is 2. The Morgan fingerprint density at radius 2 is 0.676 bits per heavy atom. The average molecular weight is 513 g/mol. The van der Waals surface area contributed by atoms with Gasteiger partial charge in [-0.2, -0.15) is 0 Å². The second-order valence-corrected chi connectivity index (χ2v) is 5.97. The molecule has 0 amide bonds. The molecule has 7 N–H and O–H groups in total. The zero-order valence-electron chi connectivity index (χ0n) is 20.5. The minimum Gasteiger partial charge on any atom is -0.478 e. The van der Waals surface area contributed by atoms with Crippen molar-refractivity contribution in [1.82, 2.24) is 49.8 Å². The number of H-pyrrole nitrogens is 5. The number of rotatable bonds is 2.